The third-order valence-electron chi connectivity index (χ3n) is 7.69. The molecule has 2 amide bonds. The molecule has 1 aliphatic carbocycles. The Bertz CT molecular complexity index is 1020. The smallest absolute Gasteiger partial charge is 0.271 e. The number of fused-ring (bicyclic) bond motifs is 3. The second kappa shape index (κ2) is 9.39. The van der Waals surface area contributed by atoms with Gasteiger partial charge in [0.15, 0.2) is 0 Å². The molecule has 1 saturated carbocycles. The molecular formula is C25H36N4O3S. The number of nitrogens with zero attached hydrogens (tertiary/aromatic N) is 3. The SMILES string of the molecule is CCc1cc2c(cc3n2CC(C)(C(=O)NC2CCCCC2)N(CCN2CCOCC2)C3=O)s1. The molecule has 1 atom stereocenters. The van der Waals surface area contributed by atoms with Gasteiger partial charge in [0.1, 0.15) is 11.2 Å². The number of carbonyl (C=O) groups excluding carboxylic acids is 2. The summed E-state index contributed by atoms with van der Waals surface area (Å²) in [6, 6.07) is 4.44. The highest BCUT2D eigenvalue weighted by Gasteiger charge is 2.48. The number of aromatic nitrogens is 1. The molecule has 4 heterocycles. The second-order valence-electron chi connectivity index (χ2n) is 9.92. The van der Waals surface area contributed by atoms with Gasteiger partial charge in [0.2, 0.25) is 5.91 Å². The number of thiophene rings is 1. The van der Waals surface area contributed by atoms with Crippen molar-refractivity contribution in [2.45, 2.75) is 70.5 Å². The predicted molar refractivity (Wildman–Crippen MR) is 131 cm³/mol. The van der Waals surface area contributed by atoms with Crippen LogP contribution in [0.2, 0.25) is 0 Å². The van der Waals surface area contributed by atoms with Crippen LogP contribution in [0.4, 0.5) is 0 Å². The quantitative estimate of drug-likeness (QED) is 0.701. The molecule has 1 N–H and O–H groups in total. The average molecular weight is 473 g/mol. The topological polar surface area (TPSA) is 66.8 Å². The van der Waals surface area contributed by atoms with Crippen molar-refractivity contribution in [3.63, 3.8) is 0 Å². The third kappa shape index (κ3) is 4.33. The lowest BCUT2D eigenvalue weighted by molar-refractivity contribution is -0.134. The van der Waals surface area contributed by atoms with E-state index in [1.165, 1.54) is 24.1 Å². The summed E-state index contributed by atoms with van der Waals surface area (Å²) >= 11 is 1.75. The van der Waals surface area contributed by atoms with Crippen molar-refractivity contribution in [2.24, 2.45) is 0 Å². The minimum Gasteiger partial charge on any atom is -0.379 e. The van der Waals surface area contributed by atoms with E-state index in [-0.39, 0.29) is 17.9 Å². The molecule has 3 aliphatic rings. The molecule has 5 rings (SSSR count). The summed E-state index contributed by atoms with van der Waals surface area (Å²) in [6.45, 7) is 9.13. The van der Waals surface area contributed by atoms with Crippen LogP contribution in [0.3, 0.4) is 0 Å². The van der Waals surface area contributed by atoms with Gasteiger partial charge in [-0.05, 0) is 38.3 Å². The maximum atomic E-state index is 13.8. The normalized spacial score (nSPS) is 24.9. The molecular weight excluding hydrogens is 436 g/mol. The van der Waals surface area contributed by atoms with Crippen molar-refractivity contribution in [1.29, 1.82) is 0 Å². The number of morpholine rings is 1. The van der Waals surface area contributed by atoms with Gasteiger partial charge in [0.05, 0.1) is 30.0 Å². The number of nitrogens with one attached hydrogen (secondary N) is 1. The van der Waals surface area contributed by atoms with Gasteiger partial charge in [-0.2, -0.15) is 0 Å². The molecule has 8 heteroatoms. The van der Waals surface area contributed by atoms with Crippen LogP contribution in [0.5, 0.6) is 0 Å². The van der Waals surface area contributed by atoms with E-state index in [4.69, 9.17) is 4.74 Å². The highest BCUT2D eigenvalue weighted by molar-refractivity contribution is 7.19. The summed E-state index contributed by atoms with van der Waals surface area (Å²) in [7, 11) is 0. The maximum Gasteiger partial charge on any atom is 0.271 e. The lowest BCUT2D eigenvalue weighted by atomic mass is 9.91. The minimum absolute atomic E-state index is 0.0110. The van der Waals surface area contributed by atoms with Gasteiger partial charge in [-0.1, -0.05) is 26.2 Å². The number of aryl methyl sites for hydroxylation is 1. The number of hydrogen-bond acceptors (Lipinski definition) is 5. The second-order valence-corrected chi connectivity index (χ2v) is 11.1. The van der Waals surface area contributed by atoms with Crippen LogP contribution in [0.25, 0.3) is 10.2 Å². The Hall–Kier alpha value is -1.90. The van der Waals surface area contributed by atoms with Crippen molar-refractivity contribution in [1.82, 2.24) is 19.7 Å². The van der Waals surface area contributed by atoms with E-state index in [1.54, 1.807) is 11.3 Å². The highest BCUT2D eigenvalue weighted by atomic mass is 32.1. The fourth-order valence-electron chi connectivity index (χ4n) is 5.57. The molecule has 0 aromatic carbocycles. The Kier molecular flexibility index (Phi) is 6.51. The van der Waals surface area contributed by atoms with Crippen molar-refractivity contribution in [3.8, 4) is 0 Å². The van der Waals surface area contributed by atoms with E-state index < -0.39 is 5.54 Å². The molecule has 33 heavy (non-hydrogen) atoms. The number of hydrogen-bond donors (Lipinski definition) is 1. The highest BCUT2D eigenvalue weighted by Crippen LogP contribution is 2.36. The zero-order valence-corrected chi connectivity index (χ0v) is 20.7. The molecule has 180 valence electrons. The first kappa shape index (κ1) is 22.9. The van der Waals surface area contributed by atoms with Crippen LogP contribution in [0.1, 0.15) is 61.3 Å². The monoisotopic (exact) mass is 472 g/mol. The average Bonchev–Trinajstić information content (AvgIpc) is 3.39. The standard InChI is InChI=1S/C25H36N4O3S/c1-3-19-15-20-22(33-19)16-21-23(30)29(10-9-27-11-13-32-14-12-27)25(2,17-28(20)21)24(31)26-18-7-5-4-6-8-18/h15-16,18H,3-14,17H2,1-2H3,(H,26,31). The summed E-state index contributed by atoms with van der Waals surface area (Å²) in [6.07, 6.45) is 6.63. The van der Waals surface area contributed by atoms with Gasteiger partial charge in [-0.3, -0.25) is 14.5 Å². The van der Waals surface area contributed by atoms with Crippen molar-refractivity contribution < 1.29 is 14.3 Å². The number of carbonyl (C=O) groups is 2. The van der Waals surface area contributed by atoms with E-state index >= 15 is 0 Å². The fourth-order valence-corrected chi connectivity index (χ4v) is 6.61. The number of rotatable bonds is 6. The summed E-state index contributed by atoms with van der Waals surface area (Å²) in [4.78, 5) is 33.1. The Morgan fingerprint density at radius 3 is 2.67 bits per heavy atom. The van der Waals surface area contributed by atoms with Gasteiger partial charge in [-0.15, -0.1) is 11.3 Å². The van der Waals surface area contributed by atoms with Crippen LogP contribution in [-0.2, 0) is 22.5 Å². The van der Waals surface area contributed by atoms with Gasteiger partial charge >= 0.3 is 0 Å². The van der Waals surface area contributed by atoms with E-state index in [0.717, 1.165) is 62.3 Å². The van der Waals surface area contributed by atoms with Crippen LogP contribution in [-0.4, -0.2) is 77.2 Å². The van der Waals surface area contributed by atoms with Crippen LogP contribution in [0, 0.1) is 0 Å². The first-order valence-corrected chi connectivity index (χ1v) is 13.4. The van der Waals surface area contributed by atoms with E-state index in [9.17, 15) is 9.59 Å². The Morgan fingerprint density at radius 1 is 1.18 bits per heavy atom. The number of amides is 2. The van der Waals surface area contributed by atoms with Crippen molar-refractivity contribution in [3.05, 3.63) is 22.7 Å². The lowest BCUT2D eigenvalue weighted by Gasteiger charge is -2.45. The fraction of sp³-hybridized carbons (Fsp3) is 0.680. The van der Waals surface area contributed by atoms with E-state index in [0.29, 0.717) is 18.8 Å². The van der Waals surface area contributed by atoms with Gasteiger partial charge in [0.25, 0.3) is 5.91 Å². The molecule has 2 fully saturated rings. The van der Waals surface area contributed by atoms with E-state index in [2.05, 4.69) is 27.8 Å². The molecule has 2 aromatic heterocycles. The molecule has 2 aliphatic heterocycles. The molecule has 0 bridgehead atoms. The van der Waals surface area contributed by atoms with Gasteiger partial charge < -0.3 is 19.5 Å². The summed E-state index contributed by atoms with van der Waals surface area (Å²) in [5, 5.41) is 3.33. The Labute approximate surface area is 200 Å². The Balaban J connectivity index is 1.45. The molecule has 0 spiro atoms. The summed E-state index contributed by atoms with van der Waals surface area (Å²) in [5.74, 6) is -0.0413. The van der Waals surface area contributed by atoms with Crippen molar-refractivity contribution in [2.75, 3.05) is 39.4 Å². The van der Waals surface area contributed by atoms with Gasteiger partial charge in [-0.25, -0.2) is 0 Å². The predicted octanol–water partition coefficient (Wildman–Crippen LogP) is 3.26. The minimum atomic E-state index is -0.909. The van der Waals surface area contributed by atoms with E-state index in [1.807, 2.05) is 17.9 Å². The largest absolute Gasteiger partial charge is 0.379 e. The maximum absolute atomic E-state index is 13.8. The molecule has 1 saturated heterocycles. The summed E-state index contributed by atoms with van der Waals surface area (Å²) < 4.78 is 8.71. The molecule has 2 aromatic rings. The first-order valence-electron chi connectivity index (χ1n) is 12.5. The van der Waals surface area contributed by atoms with Crippen LogP contribution in [0.15, 0.2) is 12.1 Å². The molecule has 1 unspecified atom stereocenters. The third-order valence-corrected chi connectivity index (χ3v) is 8.90. The van der Waals surface area contributed by atoms with Crippen LogP contribution < -0.4 is 5.32 Å². The molecule has 7 nitrogen and oxygen atoms in total. The van der Waals surface area contributed by atoms with Crippen molar-refractivity contribution >= 4 is 33.4 Å². The Morgan fingerprint density at radius 2 is 1.94 bits per heavy atom. The lowest BCUT2D eigenvalue weighted by Crippen LogP contribution is -2.66. The number of ether oxygens (including phenoxy) is 1. The summed E-state index contributed by atoms with van der Waals surface area (Å²) in [5.41, 5.74) is 0.891. The first-order chi connectivity index (χ1) is 16.0. The molecule has 0 radical (unpaired) electrons. The van der Waals surface area contributed by atoms with Crippen LogP contribution >= 0.6 is 11.3 Å². The zero-order chi connectivity index (χ0) is 23.0. The zero-order valence-electron chi connectivity index (χ0n) is 19.9. The van der Waals surface area contributed by atoms with Gasteiger partial charge in [0, 0.05) is 37.1 Å².